The Morgan fingerprint density at radius 1 is 0.935 bits per heavy atom. The molecule has 2 fully saturated rings. The van der Waals surface area contributed by atoms with E-state index in [-0.39, 0.29) is 90.9 Å². The normalized spacial score (nSPS) is 17.9. The highest BCUT2D eigenvalue weighted by Gasteiger charge is 2.33. The van der Waals surface area contributed by atoms with E-state index >= 15 is 0 Å². The number of aromatic nitrogens is 7. The number of guanidine groups is 2. The molecule has 5 rings (SSSR count). The van der Waals surface area contributed by atoms with Crippen LogP contribution in [0.1, 0.15) is 44.9 Å². The summed E-state index contributed by atoms with van der Waals surface area (Å²) >= 11 is 0. The lowest BCUT2D eigenvalue weighted by Gasteiger charge is -2.29. The first-order valence-electron chi connectivity index (χ1n) is 14.4. The molecule has 2 aliphatic rings. The van der Waals surface area contributed by atoms with Crippen LogP contribution in [0, 0.1) is 11.7 Å². The quantitative estimate of drug-likeness (QED) is 0.0989. The molecule has 2 heterocycles. The number of hydrogen-bond donors (Lipinski definition) is 7. The van der Waals surface area contributed by atoms with Crippen molar-refractivity contribution in [2.45, 2.75) is 69.6 Å². The van der Waals surface area contributed by atoms with Crippen molar-refractivity contribution in [3.05, 3.63) is 30.1 Å². The van der Waals surface area contributed by atoms with Crippen molar-refractivity contribution in [2.24, 2.45) is 38.8 Å². The Morgan fingerprint density at radius 2 is 1.61 bits per heavy atom. The summed E-state index contributed by atoms with van der Waals surface area (Å²) in [5.41, 5.74) is 22.4. The third-order valence-electron chi connectivity index (χ3n) is 7.27. The van der Waals surface area contributed by atoms with Gasteiger partial charge >= 0.3 is 0 Å². The van der Waals surface area contributed by atoms with Crippen molar-refractivity contribution < 1.29 is 14.0 Å². The third-order valence-corrected chi connectivity index (χ3v) is 7.27. The van der Waals surface area contributed by atoms with Gasteiger partial charge in [-0.1, -0.05) is 0 Å². The highest BCUT2D eigenvalue weighted by atomic mass is 35.5. The molecule has 0 bridgehead atoms. The number of rotatable bonds is 12. The molecule has 1 atom stereocenters. The maximum absolute atomic E-state index is 13.2. The average Bonchev–Trinajstić information content (AvgIpc) is 3.72. The number of anilines is 2. The highest BCUT2D eigenvalue weighted by Crippen LogP contribution is 2.36. The SMILES string of the molecule is Cl.NC(N)=NC(=O)CC(Nc1nc(N=C(N)N)nc(NC2CCC(NC(=O)Cn3nnc(-c4ccc(F)cc4)n3)CC2)n1)C1CC1. The number of nitrogens with two attached hydrogens (primary N) is 4. The number of aliphatic imine (C=N–C) groups is 2. The lowest BCUT2D eigenvalue weighted by Crippen LogP contribution is -2.41. The lowest BCUT2D eigenvalue weighted by atomic mass is 9.91. The van der Waals surface area contributed by atoms with Crippen LogP contribution in [0.25, 0.3) is 11.4 Å². The van der Waals surface area contributed by atoms with E-state index in [1.807, 2.05) is 0 Å². The van der Waals surface area contributed by atoms with Crippen molar-refractivity contribution in [2.75, 3.05) is 10.6 Å². The fourth-order valence-electron chi connectivity index (χ4n) is 5.03. The maximum Gasteiger partial charge on any atom is 0.259 e. The molecule has 18 nitrogen and oxygen atoms in total. The minimum atomic E-state index is -0.451. The summed E-state index contributed by atoms with van der Waals surface area (Å²) in [5.74, 6) is -0.563. The third kappa shape index (κ3) is 9.91. The zero-order valence-corrected chi connectivity index (χ0v) is 25.5. The van der Waals surface area contributed by atoms with Crippen LogP contribution in [-0.4, -0.2) is 77.0 Å². The molecule has 0 saturated heterocycles. The Bertz CT molecular complexity index is 1560. The number of amides is 2. The van der Waals surface area contributed by atoms with Crippen LogP contribution in [0.2, 0.25) is 0 Å². The summed E-state index contributed by atoms with van der Waals surface area (Å²) in [6, 6.07) is 5.39. The molecule has 11 N–H and O–H groups in total. The van der Waals surface area contributed by atoms with Crippen molar-refractivity contribution >= 4 is 54.0 Å². The molecule has 2 amide bonds. The number of tetrazole rings is 1. The number of nitrogens with one attached hydrogen (secondary N) is 3. The number of benzene rings is 1. The van der Waals surface area contributed by atoms with Gasteiger partial charge in [0.15, 0.2) is 11.9 Å². The van der Waals surface area contributed by atoms with Crippen molar-refractivity contribution in [3.8, 4) is 11.4 Å². The molecule has 1 aromatic carbocycles. The monoisotopic (exact) mass is 658 g/mol. The van der Waals surface area contributed by atoms with Crippen molar-refractivity contribution in [3.63, 3.8) is 0 Å². The van der Waals surface area contributed by atoms with Gasteiger partial charge in [0.2, 0.25) is 23.6 Å². The Labute approximate surface area is 268 Å². The van der Waals surface area contributed by atoms with Gasteiger partial charge in [0, 0.05) is 30.1 Å². The second kappa shape index (κ2) is 15.2. The highest BCUT2D eigenvalue weighted by molar-refractivity contribution is 5.91. The van der Waals surface area contributed by atoms with Crippen LogP contribution in [0.4, 0.5) is 22.2 Å². The van der Waals surface area contributed by atoms with E-state index in [1.54, 1.807) is 12.1 Å². The van der Waals surface area contributed by atoms with Crippen LogP contribution in [-0.2, 0) is 16.1 Å². The first kappa shape index (κ1) is 33.7. The minimum Gasteiger partial charge on any atom is -0.370 e. The van der Waals surface area contributed by atoms with E-state index in [0.717, 1.165) is 25.7 Å². The lowest BCUT2D eigenvalue weighted by molar-refractivity contribution is -0.123. The first-order chi connectivity index (χ1) is 21.6. The van der Waals surface area contributed by atoms with E-state index in [2.05, 4.69) is 56.3 Å². The number of halogens is 2. The van der Waals surface area contributed by atoms with E-state index in [0.29, 0.717) is 24.2 Å². The van der Waals surface area contributed by atoms with Gasteiger partial charge in [-0.25, -0.2) is 4.39 Å². The minimum absolute atomic E-state index is 0. The van der Waals surface area contributed by atoms with E-state index < -0.39 is 5.91 Å². The average molecular weight is 659 g/mol. The van der Waals surface area contributed by atoms with Crippen molar-refractivity contribution in [1.29, 1.82) is 0 Å². The van der Waals surface area contributed by atoms with Crippen LogP contribution >= 0.6 is 12.4 Å². The van der Waals surface area contributed by atoms with Gasteiger partial charge in [-0.15, -0.1) is 22.6 Å². The van der Waals surface area contributed by atoms with E-state index in [4.69, 9.17) is 22.9 Å². The number of carbonyl (C=O) groups is 2. The van der Waals surface area contributed by atoms with Gasteiger partial charge in [0.25, 0.3) is 11.9 Å². The Balaban J connectivity index is 0.00000480. The summed E-state index contributed by atoms with van der Waals surface area (Å²) in [6.45, 7) is -0.0972. The molecular formula is C26H36ClFN16O2. The molecule has 46 heavy (non-hydrogen) atoms. The van der Waals surface area contributed by atoms with E-state index in [1.165, 1.54) is 16.9 Å². The van der Waals surface area contributed by atoms with Gasteiger partial charge < -0.3 is 38.9 Å². The molecule has 0 aliphatic heterocycles. The standard InChI is InChI=1S/C26H35FN16O2.ClH/c27-15-5-3-14(4-6-15)21-40-42-43(41-21)12-20(45)32-16-7-9-17(10-8-16)33-24-37-25(39-26(38-24)36-23(30)31)34-18(13-1-2-13)11-19(44)35-22(28)29;/h3-6,13,16-18H,1-2,7-12H2,(H,32,45)(H4,28,29,35,44)(H6,30,31,33,34,36,37,38,39);1H. The number of carbonyl (C=O) groups excluding carboxylic acids is 2. The fraction of sp³-hybridized carbons (Fsp3) is 0.462. The molecule has 2 aliphatic carbocycles. The molecule has 20 heteroatoms. The molecule has 0 spiro atoms. The topological polar surface area (TPSA) is 281 Å². The zero-order chi connectivity index (χ0) is 31.9. The molecule has 1 unspecified atom stereocenters. The van der Waals surface area contributed by atoms with Crippen LogP contribution < -0.4 is 38.9 Å². The Kier molecular flexibility index (Phi) is 11.1. The number of nitrogens with zero attached hydrogens (tertiary/aromatic N) is 9. The molecule has 2 saturated carbocycles. The molecule has 246 valence electrons. The summed E-state index contributed by atoms with van der Waals surface area (Å²) in [5, 5.41) is 21.6. The van der Waals surface area contributed by atoms with Gasteiger partial charge in [-0.05, 0) is 73.9 Å². The van der Waals surface area contributed by atoms with Crippen LogP contribution in [0.5, 0.6) is 0 Å². The second-order valence-corrected chi connectivity index (χ2v) is 11.0. The van der Waals surface area contributed by atoms with Crippen molar-refractivity contribution in [1.82, 2.24) is 40.5 Å². The molecule has 0 radical (unpaired) electrons. The molecular weight excluding hydrogens is 623 g/mol. The summed E-state index contributed by atoms with van der Waals surface area (Å²) in [6.07, 6.45) is 4.82. The summed E-state index contributed by atoms with van der Waals surface area (Å²) in [4.78, 5) is 46.8. The van der Waals surface area contributed by atoms with Gasteiger partial charge in [0.05, 0.1) is 0 Å². The molecule has 2 aromatic heterocycles. The number of hydrogen-bond acceptors (Lipinski definition) is 11. The fourth-order valence-corrected chi connectivity index (χ4v) is 5.03. The second-order valence-electron chi connectivity index (χ2n) is 11.0. The molecule has 3 aromatic rings. The predicted molar refractivity (Wildman–Crippen MR) is 169 cm³/mol. The van der Waals surface area contributed by atoms with Crippen LogP contribution in [0.15, 0.2) is 34.3 Å². The smallest absolute Gasteiger partial charge is 0.259 e. The first-order valence-corrected chi connectivity index (χ1v) is 14.4. The summed E-state index contributed by atoms with van der Waals surface area (Å²) in [7, 11) is 0. The largest absolute Gasteiger partial charge is 0.370 e. The Morgan fingerprint density at radius 3 is 2.26 bits per heavy atom. The predicted octanol–water partition coefficient (Wildman–Crippen LogP) is -0.0890. The van der Waals surface area contributed by atoms with E-state index in [9.17, 15) is 14.0 Å². The van der Waals surface area contributed by atoms with Gasteiger partial charge in [0.1, 0.15) is 12.4 Å². The zero-order valence-electron chi connectivity index (χ0n) is 24.7. The van der Waals surface area contributed by atoms with Crippen LogP contribution in [0.3, 0.4) is 0 Å². The van der Waals surface area contributed by atoms with Gasteiger partial charge in [-0.2, -0.15) is 29.7 Å². The Hall–Kier alpha value is -5.20. The summed E-state index contributed by atoms with van der Waals surface area (Å²) < 4.78 is 13.2. The van der Waals surface area contributed by atoms with Gasteiger partial charge in [-0.3, -0.25) is 9.59 Å². The maximum atomic E-state index is 13.2.